The van der Waals surface area contributed by atoms with Gasteiger partial charge in [0, 0.05) is 19.6 Å². The smallest absolute Gasteiger partial charge is 0.244 e. The molecule has 8 heteroatoms. The van der Waals surface area contributed by atoms with E-state index in [1.54, 1.807) is 25.6 Å². The van der Waals surface area contributed by atoms with E-state index < -0.39 is 10.0 Å². The third-order valence-electron chi connectivity index (χ3n) is 2.84. The number of nitrogens with zero attached hydrogens (tertiary/aromatic N) is 2. The zero-order chi connectivity index (χ0) is 13.9. The van der Waals surface area contributed by atoms with Gasteiger partial charge in [-0.25, -0.2) is 13.1 Å². The molecule has 0 aliphatic heterocycles. The number of rotatable bonds is 6. The van der Waals surface area contributed by atoms with Gasteiger partial charge in [-0.3, -0.25) is 4.68 Å². The molecule has 1 rings (SSSR count). The largest absolute Gasteiger partial charge is 0.313 e. The normalized spacial score (nSPS) is 13.1. The maximum absolute atomic E-state index is 12.2. The number of halogens is 1. The van der Waals surface area contributed by atoms with Crippen LogP contribution in [-0.4, -0.2) is 37.3 Å². The molecule has 0 spiro atoms. The fraction of sp³-hybridized carbons (Fsp3) is 0.727. The summed E-state index contributed by atoms with van der Waals surface area (Å²) >= 11 is 0. The van der Waals surface area contributed by atoms with Gasteiger partial charge in [0.05, 0.1) is 11.4 Å². The van der Waals surface area contributed by atoms with Crippen molar-refractivity contribution in [1.29, 1.82) is 0 Å². The minimum Gasteiger partial charge on any atom is -0.313 e. The van der Waals surface area contributed by atoms with Gasteiger partial charge in [0.15, 0.2) is 0 Å². The summed E-state index contributed by atoms with van der Waals surface area (Å²) in [6.45, 7) is 8.56. The predicted molar refractivity (Wildman–Crippen MR) is 78.3 cm³/mol. The van der Waals surface area contributed by atoms with Crippen molar-refractivity contribution in [2.24, 2.45) is 7.05 Å². The Morgan fingerprint density at radius 2 is 1.95 bits per heavy atom. The van der Waals surface area contributed by atoms with Crippen LogP contribution >= 0.6 is 12.4 Å². The van der Waals surface area contributed by atoms with E-state index in [9.17, 15) is 8.42 Å². The minimum atomic E-state index is -3.49. The van der Waals surface area contributed by atoms with Crippen molar-refractivity contribution in [3.8, 4) is 0 Å². The predicted octanol–water partition coefficient (Wildman–Crippen LogP) is 0.735. The molecule has 0 amide bonds. The summed E-state index contributed by atoms with van der Waals surface area (Å²) in [4.78, 5) is 0.286. The van der Waals surface area contributed by atoms with E-state index in [0.717, 1.165) is 6.54 Å². The highest BCUT2D eigenvalue weighted by molar-refractivity contribution is 7.89. The maximum atomic E-state index is 12.2. The van der Waals surface area contributed by atoms with Gasteiger partial charge in [-0.05, 0) is 27.3 Å². The van der Waals surface area contributed by atoms with Crippen LogP contribution in [0.5, 0.6) is 0 Å². The lowest BCUT2D eigenvalue weighted by Gasteiger charge is -2.13. The van der Waals surface area contributed by atoms with Crippen molar-refractivity contribution >= 4 is 22.4 Å². The van der Waals surface area contributed by atoms with Crippen LogP contribution in [0, 0.1) is 13.8 Å². The van der Waals surface area contributed by atoms with Crippen molar-refractivity contribution in [1.82, 2.24) is 19.8 Å². The second-order valence-electron chi connectivity index (χ2n) is 4.43. The Kier molecular flexibility index (Phi) is 6.99. The Bertz CT molecular complexity index is 513. The second kappa shape index (κ2) is 7.23. The monoisotopic (exact) mass is 310 g/mol. The Balaban J connectivity index is 0.00000324. The fourth-order valence-electron chi connectivity index (χ4n) is 1.87. The van der Waals surface area contributed by atoms with E-state index in [0.29, 0.717) is 17.9 Å². The molecule has 0 fully saturated rings. The van der Waals surface area contributed by atoms with Crippen molar-refractivity contribution in [2.75, 3.05) is 13.1 Å². The van der Waals surface area contributed by atoms with Crippen LogP contribution in [0.15, 0.2) is 4.90 Å². The molecule has 1 heterocycles. The van der Waals surface area contributed by atoms with Gasteiger partial charge >= 0.3 is 0 Å². The van der Waals surface area contributed by atoms with Gasteiger partial charge < -0.3 is 5.32 Å². The van der Waals surface area contributed by atoms with Gasteiger partial charge in [-0.15, -0.1) is 12.4 Å². The standard InChI is InChI=1S/C11H22N4O2S.ClH/c1-6-12-8(2)7-13-18(16,17)11-9(3)14-15(5)10(11)4;/h8,12-13H,6-7H2,1-5H3;1H/t8-;/m1./s1. The molecule has 0 unspecified atom stereocenters. The number of aryl methyl sites for hydroxylation is 2. The minimum absolute atomic E-state index is 0. The van der Waals surface area contributed by atoms with Crippen LogP contribution in [0.1, 0.15) is 25.2 Å². The van der Waals surface area contributed by atoms with Crippen molar-refractivity contribution in [3.05, 3.63) is 11.4 Å². The summed E-state index contributed by atoms with van der Waals surface area (Å²) in [5, 5.41) is 7.28. The van der Waals surface area contributed by atoms with Crippen LogP contribution in [0.2, 0.25) is 0 Å². The SMILES string of the molecule is CCN[C@H](C)CNS(=O)(=O)c1c(C)nn(C)c1C.Cl. The molecule has 0 aliphatic rings. The molecular weight excluding hydrogens is 288 g/mol. The third-order valence-corrected chi connectivity index (χ3v) is 4.52. The quantitative estimate of drug-likeness (QED) is 0.812. The van der Waals surface area contributed by atoms with E-state index in [-0.39, 0.29) is 23.3 Å². The first-order valence-corrected chi connectivity index (χ1v) is 7.51. The summed E-state index contributed by atoms with van der Waals surface area (Å²) in [7, 11) is -1.75. The van der Waals surface area contributed by atoms with E-state index in [4.69, 9.17) is 0 Å². The van der Waals surface area contributed by atoms with E-state index in [1.165, 1.54) is 0 Å². The van der Waals surface area contributed by atoms with E-state index in [2.05, 4.69) is 15.1 Å². The van der Waals surface area contributed by atoms with Crippen molar-refractivity contribution in [2.45, 2.75) is 38.6 Å². The second-order valence-corrected chi connectivity index (χ2v) is 6.14. The number of aromatic nitrogens is 2. The lowest BCUT2D eigenvalue weighted by atomic mass is 10.3. The van der Waals surface area contributed by atoms with Crippen LogP contribution in [0.3, 0.4) is 0 Å². The fourth-order valence-corrected chi connectivity index (χ4v) is 3.44. The highest BCUT2D eigenvalue weighted by Crippen LogP contribution is 2.17. The molecule has 0 aromatic carbocycles. The molecule has 0 bridgehead atoms. The Labute approximate surface area is 121 Å². The first-order valence-electron chi connectivity index (χ1n) is 6.02. The Morgan fingerprint density at radius 3 is 2.37 bits per heavy atom. The molecule has 6 nitrogen and oxygen atoms in total. The van der Waals surface area contributed by atoms with E-state index >= 15 is 0 Å². The van der Waals surface area contributed by atoms with Gasteiger partial charge in [0.1, 0.15) is 4.90 Å². The zero-order valence-electron chi connectivity index (χ0n) is 12.0. The summed E-state index contributed by atoms with van der Waals surface area (Å²) in [5.74, 6) is 0. The molecule has 19 heavy (non-hydrogen) atoms. The van der Waals surface area contributed by atoms with Gasteiger partial charge in [-0.1, -0.05) is 6.92 Å². The molecule has 1 aromatic heterocycles. The molecular formula is C11H23ClN4O2S. The maximum Gasteiger partial charge on any atom is 0.244 e. The lowest BCUT2D eigenvalue weighted by molar-refractivity contribution is 0.535. The van der Waals surface area contributed by atoms with Crippen LogP contribution in [-0.2, 0) is 17.1 Å². The Morgan fingerprint density at radius 1 is 1.37 bits per heavy atom. The highest BCUT2D eigenvalue weighted by atomic mass is 35.5. The number of nitrogens with one attached hydrogen (secondary N) is 2. The number of sulfonamides is 1. The molecule has 112 valence electrons. The molecule has 0 aliphatic carbocycles. The zero-order valence-corrected chi connectivity index (χ0v) is 13.7. The lowest BCUT2D eigenvalue weighted by Crippen LogP contribution is -2.39. The van der Waals surface area contributed by atoms with E-state index in [1.807, 2.05) is 13.8 Å². The first kappa shape index (κ1) is 18.4. The molecule has 0 radical (unpaired) electrons. The molecule has 0 saturated heterocycles. The number of hydrogen-bond donors (Lipinski definition) is 2. The van der Waals surface area contributed by atoms with Crippen LogP contribution in [0.25, 0.3) is 0 Å². The molecule has 2 N–H and O–H groups in total. The number of likely N-dealkylation sites (N-methyl/N-ethyl adjacent to an activating group) is 1. The summed E-state index contributed by atoms with van der Waals surface area (Å²) in [6.07, 6.45) is 0. The number of hydrogen-bond acceptors (Lipinski definition) is 4. The summed E-state index contributed by atoms with van der Waals surface area (Å²) < 4.78 is 28.6. The molecule has 1 atom stereocenters. The van der Waals surface area contributed by atoms with Crippen molar-refractivity contribution < 1.29 is 8.42 Å². The van der Waals surface area contributed by atoms with Crippen LogP contribution < -0.4 is 10.0 Å². The summed E-state index contributed by atoms with van der Waals surface area (Å²) in [6, 6.07) is 0.0991. The highest BCUT2D eigenvalue weighted by Gasteiger charge is 2.23. The third kappa shape index (κ3) is 4.45. The van der Waals surface area contributed by atoms with Gasteiger partial charge in [-0.2, -0.15) is 5.10 Å². The van der Waals surface area contributed by atoms with Crippen molar-refractivity contribution in [3.63, 3.8) is 0 Å². The van der Waals surface area contributed by atoms with Gasteiger partial charge in [0.25, 0.3) is 0 Å². The topological polar surface area (TPSA) is 76.0 Å². The Hall–Kier alpha value is -0.630. The molecule has 1 aromatic rings. The first-order chi connectivity index (χ1) is 8.29. The summed E-state index contributed by atoms with van der Waals surface area (Å²) in [5.41, 5.74) is 1.18. The average molecular weight is 311 g/mol. The van der Waals surface area contributed by atoms with Gasteiger partial charge in [0.2, 0.25) is 10.0 Å². The average Bonchev–Trinajstić information content (AvgIpc) is 2.51. The molecule has 0 saturated carbocycles. The van der Waals surface area contributed by atoms with Crippen LogP contribution in [0.4, 0.5) is 0 Å².